The summed E-state index contributed by atoms with van der Waals surface area (Å²) in [6, 6.07) is 15.7. The van der Waals surface area contributed by atoms with E-state index in [4.69, 9.17) is 22.1 Å². The molecule has 0 aromatic heterocycles. The number of hydrogen-bond acceptors (Lipinski definition) is 2. The summed E-state index contributed by atoms with van der Waals surface area (Å²) in [5.41, 5.74) is 8.56. The molecule has 19 heavy (non-hydrogen) atoms. The minimum atomic E-state index is 0.226. The molecule has 0 heterocycles. The Labute approximate surface area is 117 Å². The average molecular weight is 275 g/mol. The van der Waals surface area contributed by atoms with Gasteiger partial charge in [0, 0.05) is 0 Å². The van der Waals surface area contributed by atoms with Crippen LogP contribution < -0.4 is 10.5 Å². The van der Waals surface area contributed by atoms with Crippen LogP contribution in [0.15, 0.2) is 53.5 Å². The summed E-state index contributed by atoms with van der Waals surface area (Å²) in [5, 5.41) is 0. The number of benzene rings is 2. The zero-order valence-electron chi connectivity index (χ0n) is 10.6. The Morgan fingerprint density at radius 3 is 2.53 bits per heavy atom. The number of nitrogens with two attached hydrogens (primary N) is 1. The fraction of sp³-hybridized carbons (Fsp3) is 0.133. The van der Waals surface area contributed by atoms with Crippen molar-refractivity contribution in [3.8, 4) is 16.9 Å². The molecule has 0 saturated carbocycles. The van der Waals surface area contributed by atoms with Crippen molar-refractivity contribution in [3.05, 3.63) is 48.5 Å². The molecule has 0 saturated heterocycles. The Kier molecular flexibility index (Phi) is 4.42. The lowest BCUT2D eigenvalue weighted by molar-refractivity contribution is 0.415. The van der Waals surface area contributed by atoms with Gasteiger partial charge >= 0.3 is 0 Å². The van der Waals surface area contributed by atoms with Crippen LogP contribution in [-0.4, -0.2) is 18.8 Å². The third-order valence-corrected chi connectivity index (χ3v) is 2.93. The maximum atomic E-state index is 5.64. The first-order valence-electron chi connectivity index (χ1n) is 5.86. The molecule has 0 aliphatic rings. The Balaban J connectivity index is 2.37. The number of halogens is 1. The van der Waals surface area contributed by atoms with E-state index in [1.165, 1.54) is 0 Å². The van der Waals surface area contributed by atoms with E-state index in [0.717, 1.165) is 22.6 Å². The van der Waals surface area contributed by atoms with Crippen LogP contribution in [0.5, 0.6) is 5.75 Å². The number of nitrogens with zero attached hydrogens (tertiary/aromatic N) is 1. The van der Waals surface area contributed by atoms with E-state index in [2.05, 4.69) is 4.99 Å². The van der Waals surface area contributed by atoms with Crippen molar-refractivity contribution in [2.75, 3.05) is 13.0 Å². The Hall–Kier alpha value is -2.00. The van der Waals surface area contributed by atoms with Crippen molar-refractivity contribution in [1.29, 1.82) is 0 Å². The van der Waals surface area contributed by atoms with Gasteiger partial charge < -0.3 is 10.5 Å². The zero-order chi connectivity index (χ0) is 13.7. The van der Waals surface area contributed by atoms with E-state index >= 15 is 0 Å². The monoisotopic (exact) mass is 274 g/mol. The van der Waals surface area contributed by atoms with Crippen molar-refractivity contribution < 1.29 is 4.74 Å². The molecule has 0 unspecified atom stereocenters. The van der Waals surface area contributed by atoms with E-state index < -0.39 is 0 Å². The summed E-state index contributed by atoms with van der Waals surface area (Å²) < 4.78 is 5.22. The van der Waals surface area contributed by atoms with Crippen molar-refractivity contribution in [2.24, 2.45) is 10.7 Å². The lowest BCUT2D eigenvalue weighted by Gasteiger charge is -2.05. The topological polar surface area (TPSA) is 47.6 Å². The Morgan fingerprint density at radius 2 is 1.84 bits per heavy atom. The first kappa shape index (κ1) is 13.4. The molecule has 0 bridgehead atoms. The standard InChI is InChI=1S/C15H15ClN2O/c1-19-14-7-3-5-12(9-14)11-4-2-6-13(8-11)18-15(17)10-16/h2-9H,10H2,1H3,(H2,17,18). The second kappa shape index (κ2) is 6.25. The van der Waals surface area contributed by atoms with Gasteiger partial charge in [-0.05, 0) is 35.4 Å². The smallest absolute Gasteiger partial charge is 0.119 e. The highest BCUT2D eigenvalue weighted by Gasteiger charge is 2.01. The first-order chi connectivity index (χ1) is 9.22. The van der Waals surface area contributed by atoms with E-state index in [1.807, 2.05) is 48.5 Å². The molecule has 0 spiro atoms. The highest BCUT2D eigenvalue weighted by Crippen LogP contribution is 2.26. The third kappa shape index (κ3) is 3.48. The molecule has 3 nitrogen and oxygen atoms in total. The Morgan fingerprint density at radius 1 is 1.16 bits per heavy atom. The maximum absolute atomic E-state index is 5.64. The van der Waals surface area contributed by atoms with Crippen LogP contribution >= 0.6 is 11.6 Å². The van der Waals surface area contributed by atoms with Crippen molar-refractivity contribution in [1.82, 2.24) is 0 Å². The zero-order valence-corrected chi connectivity index (χ0v) is 11.4. The predicted molar refractivity (Wildman–Crippen MR) is 80.4 cm³/mol. The highest BCUT2D eigenvalue weighted by molar-refractivity contribution is 6.28. The maximum Gasteiger partial charge on any atom is 0.119 e. The van der Waals surface area contributed by atoms with E-state index in [9.17, 15) is 0 Å². The number of alkyl halides is 1. The van der Waals surface area contributed by atoms with Crippen LogP contribution in [0, 0.1) is 0 Å². The number of amidine groups is 1. The summed E-state index contributed by atoms with van der Waals surface area (Å²) in [4.78, 5) is 4.24. The van der Waals surface area contributed by atoms with Crippen LogP contribution in [0.2, 0.25) is 0 Å². The summed E-state index contributed by atoms with van der Waals surface area (Å²) in [5.74, 6) is 1.46. The van der Waals surface area contributed by atoms with Gasteiger partial charge in [-0.15, -0.1) is 11.6 Å². The number of ether oxygens (including phenoxy) is 1. The van der Waals surface area contributed by atoms with Crippen molar-refractivity contribution in [3.63, 3.8) is 0 Å². The quantitative estimate of drug-likeness (QED) is 0.526. The molecule has 0 atom stereocenters. The largest absolute Gasteiger partial charge is 0.497 e. The van der Waals surface area contributed by atoms with E-state index in [1.54, 1.807) is 7.11 Å². The molecule has 2 aromatic rings. The molecular formula is C15H15ClN2O. The van der Waals surface area contributed by atoms with Gasteiger partial charge in [0.15, 0.2) is 0 Å². The van der Waals surface area contributed by atoms with Gasteiger partial charge in [-0.25, -0.2) is 4.99 Å². The SMILES string of the molecule is COc1cccc(-c2cccc(N=C(N)CCl)c2)c1. The van der Waals surface area contributed by atoms with Crippen LogP contribution in [0.25, 0.3) is 11.1 Å². The van der Waals surface area contributed by atoms with Crippen LogP contribution in [0.3, 0.4) is 0 Å². The van der Waals surface area contributed by atoms with E-state index in [-0.39, 0.29) is 5.88 Å². The molecular weight excluding hydrogens is 260 g/mol. The number of rotatable bonds is 4. The highest BCUT2D eigenvalue weighted by atomic mass is 35.5. The molecule has 0 aliphatic heterocycles. The van der Waals surface area contributed by atoms with Crippen molar-refractivity contribution in [2.45, 2.75) is 0 Å². The Bertz CT molecular complexity index is 596. The summed E-state index contributed by atoms with van der Waals surface area (Å²) in [7, 11) is 1.65. The van der Waals surface area contributed by atoms with Crippen LogP contribution in [0.1, 0.15) is 0 Å². The minimum absolute atomic E-state index is 0.226. The van der Waals surface area contributed by atoms with Crippen molar-refractivity contribution >= 4 is 23.1 Å². The molecule has 4 heteroatoms. The fourth-order valence-corrected chi connectivity index (χ4v) is 1.81. The predicted octanol–water partition coefficient (Wildman–Crippen LogP) is 3.59. The minimum Gasteiger partial charge on any atom is -0.497 e. The second-order valence-electron chi connectivity index (χ2n) is 4.02. The van der Waals surface area contributed by atoms with Gasteiger partial charge in [-0.1, -0.05) is 24.3 Å². The van der Waals surface area contributed by atoms with Gasteiger partial charge in [0.2, 0.25) is 0 Å². The third-order valence-electron chi connectivity index (χ3n) is 2.66. The second-order valence-corrected chi connectivity index (χ2v) is 4.29. The molecule has 0 aliphatic carbocycles. The van der Waals surface area contributed by atoms with Crippen LogP contribution in [-0.2, 0) is 0 Å². The molecule has 0 radical (unpaired) electrons. The van der Waals surface area contributed by atoms with Gasteiger partial charge in [0.25, 0.3) is 0 Å². The normalized spacial score (nSPS) is 11.4. The first-order valence-corrected chi connectivity index (χ1v) is 6.40. The van der Waals surface area contributed by atoms with Gasteiger partial charge in [0.05, 0.1) is 18.7 Å². The molecule has 2 rings (SSSR count). The van der Waals surface area contributed by atoms with Gasteiger partial charge in [-0.2, -0.15) is 0 Å². The van der Waals surface area contributed by atoms with Gasteiger partial charge in [0.1, 0.15) is 11.6 Å². The number of hydrogen-bond donors (Lipinski definition) is 1. The molecule has 2 N–H and O–H groups in total. The average Bonchev–Trinajstić information content (AvgIpc) is 2.47. The van der Waals surface area contributed by atoms with Crippen LogP contribution in [0.4, 0.5) is 5.69 Å². The van der Waals surface area contributed by atoms with Gasteiger partial charge in [-0.3, -0.25) is 0 Å². The molecule has 98 valence electrons. The summed E-state index contributed by atoms with van der Waals surface area (Å²) in [6.07, 6.45) is 0. The number of aliphatic imine (C=N–C) groups is 1. The lowest BCUT2D eigenvalue weighted by atomic mass is 10.0. The molecule has 0 fully saturated rings. The molecule has 2 aromatic carbocycles. The summed E-state index contributed by atoms with van der Waals surface area (Å²) in [6.45, 7) is 0. The fourth-order valence-electron chi connectivity index (χ4n) is 1.75. The summed E-state index contributed by atoms with van der Waals surface area (Å²) >= 11 is 5.63. The van der Waals surface area contributed by atoms with E-state index in [0.29, 0.717) is 5.84 Å². The molecule has 0 amide bonds. The number of methoxy groups -OCH3 is 1. The lowest BCUT2D eigenvalue weighted by Crippen LogP contribution is -2.12.